The summed E-state index contributed by atoms with van der Waals surface area (Å²) in [5.74, 6) is 1.88. The predicted molar refractivity (Wildman–Crippen MR) is 218 cm³/mol. The van der Waals surface area contributed by atoms with Crippen molar-refractivity contribution in [2.45, 2.75) is 0 Å². The van der Waals surface area contributed by atoms with Gasteiger partial charge in [-0.05, 0) is 34.0 Å². The van der Waals surface area contributed by atoms with Gasteiger partial charge in [0.1, 0.15) is 0 Å². The summed E-state index contributed by atoms with van der Waals surface area (Å²) in [5.41, 5.74) is 6.53. The lowest BCUT2D eigenvalue weighted by Crippen LogP contribution is -2.06. The van der Waals surface area contributed by atoms with E-state index in [1.807, 2.05) is 47.7 Å². The first-order chi connectivity index (χ1) is 25.8. The molecule has 0 aliphatic heterocycles. The largest absolute Gasteiger partial charge is 0.277 e. The van der Waals surface area contributed by atoms with Crippen LogP contribution in [0.2, 0.25) is 0 Å². The lowest BCUT2D eigenvalue weighted by molar-refractivity contribution is 0.955. The first-order valence-corrected chi connectivity index (χ1v) is 18.3. The van der Waals surface area contributed by atoms with Crippen molar-refractivity contribution in [3.05, 3.63) is 170 Å². The Morgan fingerprint density at radius 2 is 1.02 bits per heavy atom. The van der Waals surface area contributed by atoms with Crippen LogP contribution in [0.1, 0.15) is 0 Å². The summed E-state index contributed by atoms with van der Waals surface area (Å²) < 4.78 is 4.85. The van der Waals surface area contributed by atoms with E-state index in [-0.39, 0.29) is 0 Å². The second-order valence-corrected chi connectivity index (χ2v) is 14.2. The highest BCUT2D eigenvalue weighted by Crippen LogP contribution is 2.49. The Morgan fingerprint density at radius 3 is 1.77 bits per heavy atom. The third-order valence-electron chi connectivity index (χ3n) is 10.2. The molecule has 0 saturated heterocycles. The van der Waals surface area contributed by atoms with Crippen LogP contribution in [-0.2, 0) is 0 Å². The number of hydrogen-bond acceptors (Lipinski definition) is 4. The van der Waals surface area contributed by atoms with Crippen molar-refractivity contribution in [1.82, 2.24) is 19.5 Å². The molecule has 3 heterocycles. The third-order valence-corrected chi connectivity index (χ3v) is 11.5. The van der Waals surface area contributed by atoms with Gasteiger partial charge in [-0.15, -0.1) is 11.3 Å². The maximum absolute atomic E-state index is 5.23. The van der Waals surface area contributed by atoms with Crippen LogP contribution in [-0.4, -0.2) is 19.5 Å². The molecule has 0 spiro atoms. The van der Waals surface area contributed by atoms with E-state index in [0.29, 0.717) is 17.6 Å². The minimum Gasteiger partial charge on any atom is -0.277 e. The molecular formula is C47H28N4S. The molecule has 0 atom stereocenters. The molecule has 52 heavy (non-hydrogen) atoms. The molecule has 0 bridgehead atoms. The average molecular weight is 681 g/mol. The van der Waals surface area contributed by atoms with E-state index in [4.69, 9.17) is 15.0 Å². The van der Waals surface area contributed by atoms with Crippen molar-refractivity contribution in [1.29, 1.82) is 0 Å². The summed E-state index contributed by atoms with van der Waals surface area (Å²) in [6.45, 7) is 0. The zero-order chi connectivity index (χ0) is 34.2. The number of thiophene rings is 1. The molecule has 11 aromatic rings. The number of benzene rings is 8. The van der Waals surface area contributed by atoms with Crippen LogP contribution in [0.15, 0.2) is 170 Å². The minimum atomic E-state index is 0.597. The van der Waals surface area contributed by atoms with Crippen molar-refractivity contribution in [2.75, 3.05) is 0 Å². The summed E-state index contributed by atoms with van der Waals surface area (Å²) in [7, 11) is 0. The molecule has 0 unspecified atom stereocenters. The maximum atomic E-state index is 5.23. The fraction of sp³-hybridized carbons (Fsp3) is 0. The van der Waals surface area contributed by atoms with Gasteiger partial charge in [0, 0.05) is 52.8 Å². The summed E-state index contributed by atoms with van der Waals surface area (Å²) in [4.78, 5) is 15.5. The highest BCUT2D eigenvalue weighted by molar-refractivity contribution is 7.27. The molecule has 4 nitrogen and oxygen atoms in total. The van der Waals surface area contributed by atoms with Crippen LogP contribution in [0.25, 0.3) is 103 Å². The van der Waals surface area contributed by atoms with Gasteiger partial charge in [0.25, 0.3) is 0 Å². The summed E-state index contributed by atoms with van der Waals surface area (Å²) >= 11 is 1.90. The standard InChI is InChI=1S/C47H28N4S/c1-3-15-30(16-4-1)45-48-46(31-17-5-2-6-18-31)50-47(49-45)51-39-25-12-11-22-37(39)40-41-38-24-13-23-34(33-27-26-29-14-7-8-19-32(29)28-33)43(38)52-44(41)36-21-10-9-20-35(36)42(40)51/h1-28H. The molecule has 5 heteroatoms. The molecule has 11 rings (SSSR count). The predicted octanol–water partition coefficient (Wildman–Crippen LogP) is 12.6. The quantitative estimate of drug-likeness (QED) is 0.186. The van der Waals surface area contributed by atoms with Crippen molar-refractivity contribution in [3.63, 3.8) is 0 Å². The summed E-state index contributed by atoms with van der Waals surface area (Å²) in [5, 5.41) is 9.81. The van der Waals surface area contributed by atoms with Gasteiger partial charge in [0.05, 0.1) is 11.0 Å². The highest BCUT2D eigenvalue weighted by atomic mass is 32.1. The number of hydrogen-bond donors (Lipinski definition) is 0. The van der Waals surface area contributed by atoms with Crippen LogP contribution in [0.3, 0.4) is 0 Å². The van der Waals surface area contributed by atoms with Gasteiger partial charge in [-0.3, -0.25) is 4.57 Å². The lowest BCUT2D eigenvalue weighted by atomic mass is 9.97. The van der Waals surface area contributed by atoms with Crippen molar-refractivity contribution in [2.24, 2.45) is 0 Å². The molecule has 0 fully saturated rings. The van der Waals surface area contributed by atoms with E-state index >= 15 is 0 Å². The lowest BCUT2D eigenvalue weighted by Gasteiger charge is -2.12. The van der Waals surface area contributed by atoms with Crippen LogP contribution < -0.4 is 0 Å². The Balaban J connectivity index is 1.28. The zero-order valence-electron chi connectivity index (χ0n) is 27.9. The Bertz CT molecular complexity index is 3120. The molecule has 242 valence electrons. The van der Waals surface area contributed by atoms with Crippen molar-refractivity contribution >= 4 is 74.9 Å². The van der Waals surface area contributed by atoms with E-state index in [2.05, 4.69) is 138 Å². The molecule has 0 N–H and O–H groups in total. The molecule has 0 radical (unpaired) electrons. The van der Waals surface area contributed by atoms with E-state index in [1.54, 1.807) is 0 Å². The average Bonchev–Trinajstić information content (AvgIpc) is 3.78. The number of fused-ring (bicyclic) bond motifs is 11. The number of nitrogens with zero attached hydrogens (tertiary/aromatic N) is 4. The molecule has 0 aliphatic carbocycles. The Kier molecular flexibility index (Phi) is 6.39. The van der Waals surface area contributed by atoms with Crippen molar-refractivity contribution < 1.29 is 0 Å². The van der Waals surface area contributed by atoms with Gasteiger partial charge in [0.15, 0.2) is 11.6 Å². The van der Waals surface area contributed by atoms with Gasteiger partial charge in [-0.25, -0.2) is 4.98 Å². The first kappa shape index (κ1) is 29.1. The van der Waals surface area contributed by atoms with Crippen LogP contribution in [0.5, 0.6) is 0 Å². The highest BCUT2D eigenvalue weighted by Gasteiger charge is 2.24. The Morgan fingerprint density at radius 1 is 0.404 bits per heavy atom. The smallest absolute Gasteiger partial charge is 0.238 e. The monoisotopic (exact) mass is 680 g/mol. The Labute approximate surface area is 302 Å². The van der Waals surface area contributed by atoms with Crippen molar-refractivity contribution in [3.8, 4) is 39.9 Å². The molecule has 0 aliphatic rings. The molecular weight excluding hydrogens is 653 g/mol. The van der Waals surface area contributed by atoms with Crippen LogP contribution in [0.4, 0.5) is 0 Å². The first-order valence-electron chi connectivity index (χ1n) is 17.5. The third kappa shape index (κ3) is 4.36. The number of rotatable bonds is 4. The maximum Gasteiger partial charge on any atom is 0.238 e. The molecule has 0 saturated carbocycles. The summed E-state index contributed by atoms with van der Waals surface area (Å²) in [6, 6.07) is 60.1. The normalized spacial score (nSPS) is 11.8. The SMILES string of the molecule is c1ccc(-c2nc(-c3ccccc3)nc(-n3c4ccccc4c4c5c6cccc(-c7ccc8ccccc8c7)c6sc5c5ccccc5c43)n2)cc1. The Hall–Kier alpha value is -6.69. The zero-order valence-corrected chi connectivity index (χ0v) is 28.7. The second-order valence-electron chi connectivity index (χ2n) is 13.2. The number of aromatic nitrogens is 4. The van der Waals surface area contributed by atoms with E-state index in [0.717, 1.165) is 22.2 Å². The van der Waals surface area contributed by atoms with E-state index < -0.39 is 0 Å². The molecule has 3 aromatic heterocycles. The second kappa shape index (κ2) is 11.4. The fourth-order valence-corrected chi connectivity index (χ4v) is 9.26. The van der Waals surface area contributed by atoms with Gasteiger partial charge < -0.3 is 0 Å². The van der Waals surface area contributed by atoms with Gasteiger partial charge in [-0.2, -0.15) is 9.97 Å². The fourth-order valence-electron chi connectivity index (χ4n) is 7.88. The van der Waals surface area contributed by atoms with Crippen LogP contribution >= 0.6 is 11.3 Å². The number of para-hydroxylation sites is 1. The molecule has 8 aromatic carbocycles. The van der Waals surface area contributed by atoms with E-state index in [9.17, 15) is 0 Å². The van der Waals surface area contributed by atoms with Gasteiger partial charge in [0.2, 0.25) is 5.95 Å². The van der Waals surface area contributed by atoms with Gasteiger partial charge >= 0.3 is 0 Å². The molecule has 0 amide bonds. The topological polar surface area (TPSA) is 43.6 Å². The van der Waals surface area contributed by atoms with Gasteiger partial charge in [-0.1, -0.05) is 158 Å². The van der Waals surface area contributed by atoms with E-state index in [1.165, 1.54) is 63.6 Å². The minimum absolute atomic E-state index is 0.597. The summed E-state index contributed by atoms with van der Waals surface area (Å²) in [6.07, 6.45) is 0. The van der Waals surface area contributed by atoms with Crippen LogP contribution in [0, 0.1) is 0 Å².